The lowest BCUT2D eigenvalue weighted by molar-refractivity contribution is 0.0698. The van der Waals surface area contributed by atoms with Crippen molar-refractivity contribution in [2.75, 3.05) is 6.54 Å². The summed E-state index contributed by atoms with van der Waals surface area (Å²) >= 11 is 0. The predicted octanol–water partition coefficient (Wildman–Crippen LogP) is 2.46. The van der Waals surface area contributed by atoms with Crippen molar-refractivity contribution in [1.82, 2.24) is 29.9 Å². The Morgan fingerprint density at radius 1 is 1.03 bits per heavy atom. The van der Waals surface area contributed by atoms with E-state index in [2.05, 4.69) is 20.3 Å². The van der Waals surface area contributed by atoms with Crippen LogP contribution in [0.4, 0.5) is 0 Å². The highest BCUT2D eigenvalue weighted by atomic mass is 16.5. The number of ether oxygens (including phenoxy) is 1. The molecular weight excluding hydrogens is 368 g/mol. The number of hydrogen-bond donors (Lipinski definition) is 0. The zero-order valence-corrected chi connectivity index (χ0v) is 15.6. The number of pyridine rings is 2. The predicted molar refractivity (Wildman–Crippen MR) is 105 cm³/mol. The molecule has 0 N–H and O–H groups in total. The summed E-state index contributed by atoms with van der Waals surface area (Å²) in [6, 6.07) is 17.0. The molecule has 0 unspecified atom stereocenters. The Bertz CT molecular complexity index is 1170. The first kappa shape index (κ1) is 17.3. The second kappa shape index (κ2) is 7.31. The fraction of sp³-hybridized carbons (Fsp3) is 0.190. The molecular formula is C21H18N6O2. The Morgan fingerprint density at radius 3 is 2.83 bits per heavy atom. The molecule has 0 bridgehead atoms. The van der Waals surface area contributed by atoms with Gasteiger partial charge in [0.2, 0.25) is 5.88 Å². The van der Waals surface area contributed by atoms with Gasteiger partial charge in [0.1, 0.15) is 18.0 Å². The normalized spacial score (nSPS) is 13.3. The zero-order chi connectivity index (χ0) is 19.6. The van der Waals surface area contributed by atoms with Crippen molar-refractivity contribution in [3.8, 4) is 5.88 Å². The van der Waals surface area contributed by atoms with Crippen LogP contribution in [0, 0.1) is 0 Å². The summed E-state index contributed by atoms with van der Waals surface area (Å²) in [4.78, 5) is 23.5. The van der Waals surface area contributed by atoms with Crippen LogP contribution < -0.4 is 4.74 Å². The lowest BCUT2D eigenvalue weighted by atomic mass is 10.2. The van der Waals surface area contributed by atoms with Gasteiger partial charge in [-0.1, -0.05) is 35.5 Å². The number of carbonyl (C=O) groups excluding carboxylic acids is 1. The molecule has 0 saturated heterocycles. The fourth-order valence-corrected chi connectivity index (χ4v) is 3.40. The van der Waals surface area contributed by atoms with E-state index in [1.54, 1.807) is 23.2 Å². The minimum atomic E-state index is -0.0974. The maximum atomic E-state index is 13.0. The highest BCUT2D eigenvalue weighted by Gasteiger charge is 2.26. The molecule has 8 heteroatoms. The first-order valence-electron chi connectivity index (χ1n) is 9.38. The highest BCUT2D eigenvalue weighted by Crippen LogP contribution is 2.19. The van der Waals surface area contributed by atoms with Gasteiger partial charge in [-0.3, -0.25) is 4.79 Å². The van der Waals surface area contributed by atoms with Crippen LogP contribution in [0.25, 0.3) is 10.9 Å². The quantitative estimate of drug-likeness (QED) is 0.536. The van der Waals surface area contributed by atoms with Crippen molar-refractivity contribution >= 4 is 16.8 Å². The van der Waals surface area contributed by atoms with Crippen LogP contribution in [-0.2, 0) is 19.7 Å². The first-order valence-corrected chi connectivity index (χ1v) is 9.38. The van der Waals surface area contributed by atoms with Gasteiger partial charge in [-0.15, -0.1) is 5.10 Å². The Morgan fingerprint density at radius 2 is 1.93 bits per heavy atom. The number of fused-ring (bicyclic) bond motifs is 2. The lowest BCUT2D eigenvalue weighted by Gasteiger charge is -2.27. The monoisotopic (exact) mass is 386 g/mol. The molecule has 4 heterocycles. The number of benzene rings is 1. The topological polar surface area (TPSA) is 86.0 Å². The standard InChI is InChI=1S/C21H18N6O2/c28-21(17-9-8-15-5-1-2-6-16(15)23-17)26-11-12-27-19(13-26)18(24-25-27)14-29-20-7-3-4-10-22-20/h1-10H,11-14H2. The van der Waals surface area contributed by atoms with Crippen molar-refractivity contribution in [3.63, 3.8) is 0 Å². The smallest absolute Gasteiger partial charge is 0.272 e. The summed E-state index contributed by atoms with van der Waals surface area (Å²) < 4.78 is 7.53. The van der Waals surface area contributed by atoms with Crippen LogP contribution in [-0.4, -0.2) is 42.3 Å². The van der Waals surface area contributed by atoms with Gasteiger partial charge in [0, 0.05) is 24.2 Å². The number of carbonyl (C=O) groups is 1. The van der Waals surface area contributed by atoms with E-state index in [4.69, 9.17) is 4.74 Å². The van der Waals surface area contributed by atoms with Gasteiger partial charge in [-0.2, -0.15) is 0 Å². The summed E-state index contributed by atoms with van der Waals surface area (Å²) in [5.41, 5.74) is 2.84. The molecule has 0 aliphatic carbocycles. The minimum absolute atomic E-state index is 0.0974. The Hall–Kier alpha value is -3.81. The molecule has 3 aromatic heterocycles. The maximum Gasteiger partial charge on any atom is 0.272 e. The van der Waals surface area contributed by atoms with Gasteiger partial charge < -0.3 is 9.64 Å². The molecule has 29 heavy (non-hydrogen) atoms. The molecule has 1 amide bonds. The van der Waals surface area contributed by atoms with Gasteiger partial charge in [0.15, 0.2) is 0 Å². The number of para-hydroxylation sites is 1. The van der Waals surface area contributed by atoms with E-state index >= 15 is 0 Å². The van der Waals surface area contributed by atoms with Crippen molar-refractivity contribution in [2.45, 2.75) is 19.7 Å². The molecule has 4 aromatic rings. The Balaban J connectivity index is 1.34. The van der Waals surface area contributed by atoms with Crippen LogP contribution >= 0.6 is 0 Å². The molecule has 5 rings (SSSR count). The van der Waals surface area contributed by atoms with Crippen molar-refractivity contribution < 1.29 is 9.53 Å². The molecule has 0 atom stereocenters. The van der Waals surface area contributed by atoms with E-state index < -0.39 is 0 Å². The van der Waals surface area contributed by atoms with Gasteiger partial charge in [0.05, 0.1) is 24.3 Å². The molecule has 8 nitrogen and oxygen atoms in total. The van der Waals surface area contributed by atoms with Crippen LogP contribution in [0.2, 0.25) is 0 Å². The Labute approximate surface area is 166 Å². The fourth-order valence-electron chi connectivity index (χ4n) is 3.40. The van der Waals surface area contributed by atoms with Crippen LogP contribution in [0.3, 0.4) is 0 Å². The third kappa shape index (κ3) is 3.40. The van der Waals surface area contributed by atoms with E-state index in [9.17, 15) is 4.79 Å². The third-order valence-electron chi connectivity index (χ3n) is 4.94. The van der Waals surface area contributed by atoms with Crippen LogP contribution in [0.1, 0.15) is 21.9 Å². The molecule has 1 aliphatic rings. The summed E-state index contributed by atoms with van der Waals surface area (Å²) in [6.45, 7) is 1.82. The van der Waals surface area contributed by atoms with Gasteiger partial charge in [-0.25, -0.2) is 14.6 Å². The molecule has 1 aliphatic heterocycles. The molecule has 1 aromatic carbocycles. The number of hydrogen-bond acceptors (Lipinski definition) is 6. The third-order valence-corrected chi connectivity index (χ3v) is 4.94. The first-order chi connectivity index (χ1) is 14.3. The number of nitrogens with zero attached hydrogens (tertiary/aromatic N) is 6. The Kier molecular flexibility index (Phi) is 4.36. The molecule has 0 fully saturated rings. The van der Waals surface area contributed by atoms with E-state index in [0.29, 0.717) is 36.9 Å². The lowest BCUT2D eigenvalue weighted by Crippen LogP contribution is -2.39. The molecule has 0 spiro atoms. The average Bonchev–Trinajstić information content (AvgIpc) is 3.20. The van der Waals surface area contributed by atoms with Gasteiger partial charge in [0.25, 0.3) is 5.91 Å². The van der Waals surface area contributed by atoms with E-state index in [1.807, 2.05) is 47.1 Å². The zero-order valence-electron chi connectivity index (χ0n) is 15.6. The summed E-state index contributed by atoms with van der Waals surface area (Å²) in [5.74, 6) is 0.429. The number of aromatic nitrogens is 5. The SMILES string of the molecule is O=C(c1ccc2ccccc2n1)N1CCn2nnc(COc3ccccn3)c2C1. The molecule has 144 valence electrons. The van der Waals surface area contributed by atoms with E-state index in [1.165, 1.54) is 0 Å². The van der Waals surface area contributed by atoms with Gasteiger partial charge in [-0.05, 0) is 18.2 Å². The summed E-state index contributed by atoms with van der Waals surface area (Å²) in [7, 11) is 0. The second-order valence-corrected chi connectivity index (χ2v) is 6.78. The average molecular weight is 386 g/mol. The number of rotatable bonds is 4. The van der Waals surface area contributed by atoms with E-state index in [0.717, 1.165) is 16.6 Å². The minimum Gasteiger partial charge on any atom is -0.471 e. The molecule has 0 saturated carbocycles. The molecule has 0 radical (unpaired) electrons. The largest absolute Gasteiger partial charge is 0.471 e. The highest BCUT2D eigenvalue weighted by molar-refractivity contribution is 5.94. The van der Waals surface area contributed by atoms with E-state index in [-0.39, 0.29) is 12.5 Å². The second-order valence-electron chi connectivity index (χ2n) is 6.78. The summed E-state index contributed by atoms with van der Waals surface area (Å²) in [6.07, 6.45) is 1.67. The number of amides is 1. The van der Waals surface area contributed by atoms with Crippen molar-refractivity contribution in [3.05, 3.63) is 77.9 Å². The van der Waals surface area contributed by atoms with Crippen LogP contribution in [0.15, 0.2) is 60.8 Å². The van der Waals surface area contributed by atoms with Crippen molar-refractivity contribution in [1.29, 1.82) is 0 Å². The summed E-state index contributed by atoms with van der Waals surface area (Å²) in [5, 5.41) is 9.43. The van der Waals surface area contributed by atoms with Crippen molar-refractivity contribution in [2.24, 2.45) is 0 Å². The van der Waals surface area contributed by atoms with Gasteiger partial charge >= 0.3 is 0 Å². The maximum absolute atomic E-state index is 13.0. The van der Waals surface area contributed by atoms with Crippen LogP contribution in [0.5, 0.6) is 5.88 Å².